The van der Waals surface area contributed by atoms with E-state index in [1.165, 1.54) is 12.5 Å². The molecule has 1 fully saturated rings. The van der Waals surface area contributed by atoms with E-state index in [0.717, 1.165) is 31.7 Å². The average molecular weight is 254 g/mol. The van der Waals surface area contributed by atoms with E-state index in [1.807, 2.05) is 0 Å². The molecule has 0 amide bonds. The van der Waals surface area contributed by atoms with Crippen molar-refractivity contribution in [3.05, 3.63) is 35.4 Å². The first-order valence-corrected chi connectivity index (χ1v) is 6.66. The first-order valence-electron chi connectivity index (χ1n) is 6.66. The maximum absolute atomic E-state index is 13.6. The Balaban J connectivity index is 2.13. The molecule has 0 bridgehead atoms. The summed E-state index contributed by atoms with van der Waals surface area (Å²) in [5.74, 6) is -1.48. The summed E-state index contributed by atoms with van der Waals surface area (Å²) < 4.78 is 26.8. The molecular weight excluding hydrogens is 234 g/mol. The normalized spacial score (nSPS) is 20.7. The van der Waals surface area contributed by atoms with E-state index in [4.69, 9.17) is 0 Å². The van der Waals surface area contributed by atoms with Gasteiger partial charge in [-0.05, 0) is 37.3 Å². The number of aliphatic hydroxyl groups is 1. The van der Waals surface area contributed by atoms with Crippen molar-refractivity contribution in [1.82, 2.24) is 0 Å². The Morgan fingerprint density at radius 3 is 2.56 bits per heavy atom. The Labute approximate surface area is 107 Å². The van der Waals surface area contributed by atoms with Gasteiger partial charge in [0.2, 0.25) is 0 Å². The third-order valence-corrected chi connectivity index (χ3v) is 4.06. The molecule has 1 aromatic rings. The van der Waals surface area contributed by atoms with Crippen LogP contribution in [0.3, 0.4) is 0 Å². The number of hydrogen-bond acceptors (Lipinski definition) is 1. The summed E-state index contributed by atoms with van der Waals surface area (Å²) in [6.45, 7) is 1.74. The minimum atomic E-state index is -0.949. The van der Waals surface area contributed by atoms with Crippen LogP contribution >= 0.6 is 0 Å². The van der Waals surface area contributed by atoms with Crippen LogP contribution in [0.5, 0.6) is 0 Å². The highest BCUT2D eigenvalue weighted by Gasteiger charge is 2.33. The smallest absolute Gasteiger partial charge is 0.162 e. The van der Waals surface area contributed by atoms with Gasteiger partial charge in [-0.25, -0.2) is 8.78 Å². The van der Waals surface area contributed by atoms with Crippen molar-refractivity contribution >= 4 is 0 Å². The molecule has 1 aliphatic rings. The molecule has 0 aliphatic heterocycles. The van der Waals surface area contributed by atoms with Crippen molar-refractivity contribution in [2.24, 2.45) is 5.92 Å². The molecule has 1 unspecified atom stereocenters. The second-order valence-corrected chi connectivity index (χ2v) is 5.58. The minimum absolute atomic E-state index is 0.182. The van der Waals surface area contributed by atoms with Crippen LogP contribution in [0.25, 0.3) is 0 Å². The van der Waals surface area contributed by atoms with Crippen LogP contribution in [0.2, 0.25) is 0 Å². The van der Waals surface area contributed by atoms with E-state index < -0.39 is 17.2 Å². The topological polar surface area (TPSA) is 20.2 Å². The summed E-state index contributed by atoms with van der Waals surface area (Å²) in [5, 5.41) is 10.5. The molecular formula is C15H20F2O. The van der Waals surface area contributed by atoms with E-state index >= 15 is 0 Å². The molecule has 1 aromatic carbocycles. The van der Waals surface area contributed by atoms with Gasteiger partial charge in [-0.3, -0.25) is 0 Å². The molecule has 0 saturated heterocycles. The second kappa shape index (κ2) is 5.35. The van der Waals surface area contributed by atoms with Gasteiger partial charge in [0.15, 0.2) is 11.6 Å². The van der Waals surface area contributed by atoms with Gasteiger partial charge >= 0.3 is 0 Å². The Hall–Kier alpha value is -0.960. The Kier molecular flexibility index (Phi) is 4.00. The number of rotatable bonds is 3. The third-order valence-electron chi connectivity index (χ3n) is 4.06. The fourth-order valence-corrected chi connectivity index (χ4v) is 2.94. The van der Waals surface area contributed by atoms with Crippen molar-refractivity contribution < 1.29 is 13.9 Å². The monoisotopic (exact) mass is 254 g/mol. The van der Waals surface area contributed by atoms with E-state index in [0.29, 0.717) is 0 Å². The van der Waals surface area contributed by atoms with Gasteiger partial charge in [0.1, 0.15) is 0 Å². The lowest BCUT2D eigenvalue weighted by Crippen LogP contribution is -2.38. The average Bonchev–Trinajstić information content (AvgIpc) is 2.36. The van der Waals surface area contributed by atoms with Crippen LogP contribution < -0.4 is 0 Å². The molecule has 1 aliphatic carbocycles. The molecule has 18 heavy (non-hydrogen) atoms. The molecule has 1 nitrogen and oxygen atoms in total. The van der Waals surface area contributed by atoms with Crippen LogP contribution in [0, 0.1) is 17.6 Å². The standard InChI is InChI=1S/C15H20F2O/c1-15(18,12-7-3-2-4-8-12)10-11-6-5-9-13(16)14(11)17/h5-6,9,12,18H,2-4,7-8,10H2,1H3. The number of halogens is 2. The van der Waals surface area contributed by atoms with Crippen LogP contribution in [0.4, 0.5) is 8.78 Å². The fraction of sp³-hybridized carbons (Fsp3) is 0.600. The lowest BCUT2D eigenvalue weighted by Gasteiger charge is -2.35. The molecule has 1 N–H and O–H groups in total. The summed E-state index contributed by atoms with van der Waals surface area (Å²) in [7, 11) is 0. The Bertz CT molecular complexity index is 409. The molecule has 1 saturated carbocycles. The molecule has 100 valence electrons. The summed E-state index contributed by atoms with van der Waals surface area (Å²) in [4.78, 5) is 0. The predicted molar refractivity (Wildman–Crippen MR) is 67.3 cm³/mol. The molecule has 0 radical (unpaired) electrons. The van der Waals surface area contributed by atoms with Gasteiger partial charge < -0.3 is 5.11 Å². The van der Waals surface area contributed by atoms with Crippen molar-refractivity contribution in [1.29, 1.82) is 0 Å². The van der Waals surface area contributed by atoms with Gasteiger partial charge in [0.25, 0.3) is 0 Å². The first-order chi connectivity index (χ1) is 8.50. The highest BCUT2D eigenvalue weighted by Crippen LogP contribution is 2.35. The zero-order valence-corrected chi connectivity index (χ0v) is 10.8. The highest BCUT2D eigenvalue weighted by atomic mass is 19.2. The Morgan fingerprint density at radius 2 is 1.89 bits per heavy atom. The van der Waals surface area contributed by atoms with Gasteiger partial charge in [0, 0.05) is 6.42 Å². The van der Waals surface area contributed by atoms with Crippen LogP contribution in [-0.2, 0) is 6.42 Å². The van der Waals surface area contributed by atoms with E-state index in [2.05, 4.69) is 0 Å². The van der Waals surface area contributed by atoms with Crippen LogP contribution in [0.1, 0.15) is 44.6 Å². The van der Waals surface area contributed by atoms with Crippen molar-refractivity contribution in [3.8, 4) is 0 Å². The van der Waals surface area contributed by atoms with E-state index in [1.54, 1.807) is 13.0 Å². The highest BCUT2D eigenvalue weighted by molar-refractivity contribution is 5.21. The molecule has 0 heterocycles. The maximum atomic E-state index is 13.6. The fourth-order valence-electron chi connectivity index (χ4n) is 2.94. The zero-order chi connectivity index (χ0) is 13.2. The van der Waals surface area contributed by atoms with Crippen molar-refractivity contribution in [2.45, 2.75) is 51.0 Å². The number of hydrogen-bond donors (Lipinski definition) is 1. The predicted octanol–water partition coefficient (Wildman–Crippen LogP) is 3.84. The summed E-state index contributed by atoms with van der Waals surface area (Å²) in [5.41, 5.74) is -0.680. The van der Waals surface area contributed by atoms with Crippen LogP contribution in [-0.4, -0.2) is 10.7 Å². The van der Waals surface area contributed by atoms with Crippen molar-refractivity contribution in [3.63, 3.8) is 0 Å². The second-order valence-electron chi connectivity index (χ2n) is 5.58. The molecule has 2 rings (SSSR count). The number of benzene rings is 1. The largest absolute Gasteiger partial charge is 0.390 e. The minimum Gasteiger partial charge on any atom is -0.390 e. The van der Waals surface area contributed by atoms with Crippen molar-refractivity contribution in [2.75, 3.05) is 0 Å². The van der Waals surface area contributed by atoms with Gasteiger partial charge in [-0.15, -0.1) is 0 Å². The third kappa shape index (κ3) is 2.89. The zero-order valence-electron chi connectivity index (χ0n) is 10.8. The summed E-state index contributed by atoms with van der Waals surface area (Å²) in [6.07, 6.45) is 5.58. The molecule has 3 heteroatoms. The quantitative estimate of drug-likeness (QED) is 0.869. The summed E-state index contributed by atoms with van der Waals surface area (Å²) >= 11 is 0. The van der Waals surface area contributed by atoms with Gasteiger partial charge in [-0.1, -0.05) is 31.4 Å². The maximum Gasteiger partial charge on any atom is 0.162 e. The lowest BCUT2D eigenvalue weighted by atomic mass is 9.75. The molecule has 0 spiro atoms. The lowest BCUT2D eigenvalue weighted by molar-refractivity contribution is -0.0166. The molecule has 0 aromatic heterocycles. The Morgan fingerprint density at radius 1 is 1.22 bits per heavy atom. The van der Waals surface area contributed by atoms with E-state index in [9.17, 15) is 13.9 Å². The molecule has 1 atom stereocenters. The van der Waals surface area contributed by atoms with Crippen LogP contribution in [0.15, 0.2) is 18.2 Å². The summed E-state index contributed by atoms with van der Waals surface area (Å²) in [6, 6.07) is 4.15. The van der Waals surface area contributed by atoms with E-state index in [-0.39, 0.29) is 17.9 Å². The van der Waals surface area contributed by atoms with Gasteiger partial charge in [0.05, 0.1) is 5.60 Å². The first kappa shape index (κ1) is 13.5. The van der Waals surface area contributed by atoms with Gasteiger partial charge in [-0.2, -0.15) is 0 Å². The SMILES string of the molecule is CC(O)(Cc1cccc(F)c1F)C1CCCCC1.